The molecule has 1 fully saturated rings. The van der Waals surface area contributed by atoms with Gasteiger partial charge in [0.05, 0.1) is 11.5 Å². The number of carboxylic acid groups (broad SMARTS) is 1. The third-order valence-electron chi connectivity index (χ3n) is 3.73. The first kappa shape index (κ1) is 13.5. The van der Waals surface area contributed by atoms with Gasteiger partial charge in [0.25, 0.3) is 0 Å². The van der Waals surface area contributed by atoms with Crippen LogP contribution in [0.4, 0.5) is 0 Å². The van der Waals surface area contributed by atoms with Gasteiger partial charge in [-0.15, -0.1) is 0 Å². The van der Waals surface area contributed by atoms with Crippen LogP contribution in [-0.4, -0.2) is 46.8 Å². The molecule has 0 bridgehead atoms. The van der Waals surface area contributed by atoms with Crippen molar-refractivity contribution in [1.29, 1.82) is 0 Å². The van der Waals surface area contributed by atoms with E-state index in [0.717, 1.165) is 25.8 Å². The molecule has 0 aromatic carbocycles. The third-order valence-corrected chi connectivity index (χ3v) is 3.73. The zero-order valence-corrected chi connectivity index (χ0v) is 10.3. The first-order valence-electron chi connectivity index (χ1n) is 6.18. The molecule has 2 unspecified atom stereocenters. The number of aliphatic hydroxyl groups is 1. The van der Waals surface area contributed by atoms with Gasteiger partial charge in [-0.25, -0.2) is 0 Å². The van der Waals surface area contributed by atoms with Gasteiger partial charge in [0, 0.05) is 13.1 Å². The minimum atomic E-state index is -0.689. The van der Waals surface area contributed by atoms with E-state index < -0.39 is 11.4 Å². The summed E-state index contributed by atoms with van der Waals surface area (Å²) in [5.41, 5.74) is -0.592. The second kappa shape index (κ2) is 5.64. The molecule has 0 aliphatic carbocycles. The molecule has 0 saturated carbocycles. The number of piperidine rings is 1. The van der Waals surface area contributed by atoms with E-state index in [1.165, 1.54) is 0 Å². The van der Waals surface area contributed by atoms with E-state index in [9.17, 15) is 15.0 Å². The molecule has 1 saturated heterocycles. The summed E-state index contributed by atoms with van der Waals surface area (Å²) in [5, 5.41) is 18.9. The van der Waals surface area contributed by atoms with Gasteiger partial charge in [0.1, 0.15) is 0 Å². The highest BCUT2D eigenvalue weighted by Crippen LogP contribution is 2.33. The molecule has 0 aromatic heterocycles. The molecule has 0 aromatic rings. The largest absolute Gasteiger partial charge is 0.481 e. The lowest BCUT2D eigenvalue weighted by molar-refractivity contribution is -0.153. The molecule has 16 heavy (non-hydrogen) atoms. The molecule has 4 heteroatoms. The Hall–Kier alpha value is -0.610. The number of carbonyl (C=O) groups is 1. The Bertz CT molecular complexity index is 244. The second-order valence-electron chi connectivity index (χ2n) is 4.84. The average molecular weight is 229 g/mol. The van der Waals surface area contributed by atoms with Crippen LogP contribution < -0.4 is 0 Å². The average Bonchev–Trinajstić information content (AvgIpc) is 2.28. The molecular weight excluding hydrogens is 206 g/mol. The fourth-order valence-corrected chi connectivity index (χ4v) is 2.42. The van der Waals surface area contributed by atoms with Crippen LogP contribution in [0.3, 0.4) is 0 Å². The van der Waals surface area contributed by atoms with Crippen molar-refractivity contribution >= 4 is 5.97 Å². The van der Waals surface area contributed by atoms with Crippen LogP contribution in [0.1, 0.15) is 39.5 Å². The Morgan fingerprint density at radius 3 is 2.69 bits per heavy atom. The van der Waals surface area contributed by atoms with E-state index in [0.29, 0.717) is 19.5 Å². The molecule has 2 atom stereocenters. The summed E-state index contributed by atoms with van der Waals surface area (Å²) in [7, 11) is 0. The van der Waals surface area contributed by atoms with Crippen LogP contribution in [0.2, 0.25) is 0 Å². The Morgan fingerprint density at radius 2 is 2.19 bits per heavy atom. The zero-order valence-electron chi connectivity index (χ0n) is 10.3. The second-order valence-corrected chi connectivity index (χ2v) is 4.84. The van der Waals surface area contributed by atoms with Gasteiger partial charge < -0.3 is 10.2 Å². The molecular formula is C12H23NO3. The van der Waals surface area contributed by atoms with Gasteiger partial charge in [-0.05, 0) is 32.2 Å². The highest BCUT2D eigenvalue weighted by molar-refractivity contribution is 5.75. The van der Waals surface area contributed by atoms with Crippen LogP contribution in [0.5, 0.6) is 0 Å². The van der Waals surface area contributed by atoms with E-state index >= 15 is 0 Å². The van der Waals surface area contributed by atoms with Crippen molar-refractivity contribution in [1.82, 2.24) is 4.90 Å². The first-order chi connectivity index (χ1) is 7.54. The van der Waals surface area contributed by atoms with Crippen LogP contribution >= 0.6 is 0 Å². The number of aliphatic hydroxyl groups excluding tert-OH is 1. The Labute approximate surface area is 97.3 Å². The van der Waals surface area contributed by atoms with E-state index in [2.05, 4.69) is 4.90 Å². The molecule has 2 N–H and O–H groups in total. The van der Waals surface area contributed by atoms with E-state index in [-0.39, 0.29) is 6.10 Å². The van der Waals surface area contributed by atoms with Crippen molar-refractivity contribution in [3.05, 3.63) is 0 Å². The normalized spacial score (nSPS) is 28.9. The number of likely N-dealkylation sites (tertiary alicyclic amines) is 1. The molecule has 4 nitrogen and oxygen atoms in total. The lowest BCUT2D eigenvalue weighted by atomic mass is 9.77. The molecule has 1 aliphatic rings. The summed E-state index contributed by atoms with van der Waals surface area (Å²) in [5.74, 6) is -0.689. The molecule has 0 amide bonds. The predicted octanol–water partition coefficient (Wildman–Crippen LogP) is 1.33. The predicted molar refractivity (Wildman–Crippen MR) is 62.3 cm³/mol. The summed E-state index contributed by atoms with van der Waals surface area (Å²) in [6.07, 6.45) is 2.74. The Morgan fingerprint density at radius 1 is 1.50 bits per heavy atom. The van der Waals surface area contributed by atoms with Crippen LogP contribution in [-0.2, 0) is 4.79 Å². The lowest BCUT2D eigenvalue weighted by Gasteiger charge is -2.40. The van der Waals surface area contributed by atoms with Crippen LogP contribution in [0.15, 0.2) is 0 Å². The highest BCUT2D eigenvalue weighted by atomic mass is 16.4. The topological polar surface area (TPSA) is 60.8 Å². The van der Waals surface area contributed by atoms with Crippen molar-refractivity contribution in [3.63, 3.8) is 0 Å². The molecule has 1 aliphatic heterocycles. The van der Waals surface area contributed by atoms with Gasteiger partial charge in [-0.2, -0.15) is 0 Å². The van der Waals surface area contributed by atoms with Crippen LogP contribution in [0.25, 0.3) is 0 Å². The number of hydrogen-bond donors (Lipinski definition) is 2. The third kappa shape index (κ3) is 2.95. The van der Waals surface area contributed by atoms with Crippen molar-refractivity contribution in [2.45, 2.75) is 45.6 Å². The van der Waals surface area contributed by atoms with E-state index in [1.54, 1.807) is 0 Å². The van der Waals surface area contributed by atoms with Gasteiger partial charge in [0.15, 0.2) is 0 Å². The summed E-state index contributed by atoms with van der Waals surface area (Å²) < 4.78 is 0. The van der Waals surface area contributed by atoms with E-state index in [4.69, 9.17) is 0 Å². The fraction of sp³-hybridized carbons (Fsp3) is 0.917. The van der Waals surface area contributed by atoms with Crippen LogP contribution in [0, 0.1) is 5.41 Å². The lowest BCUT2D eigenvalue weighted by Crippen LogP contribution is -2.49. The number of aliphatic carboxylic acids is 1. The van der Waals surface area contributed by atoms with Gasteiger partial charge in [-0.3, -0.25) is 9.69 Å². The monoisotopic (exact) mass is 229 g/mol. The van der Waals surface area contributed by atoms with Crippen molar-refractivity contribution < 1.29 is 15.0 Å². The molecule has 0 spiro atoms. The molecule has 1 rings (SSSR count). The highest BCUT2D eigenvalue weighted by Gasteiger charge is 2.40. The number of β-amino-alcohol motifs (C(OH)–C–C–N with tert-alkyl or cyclic N) is 1. The summed E-state index contributed by atoms with van der Waals surface area (Å²) >= 11 is 0. The smallest absolute Gasteiger partial charge is 0.310 e. The van der Waals surface area contributed by atoms with Gasteiger partial charge in [0.2, 0.25) is 0 Å². The number of nitrogens with zero attached hydrogens (tertiary/aromatic N) is 1. The van der Waals surface area contributed by atoms with Crippen molar-refractivity contribution in [2.24, 2.45) is 5.41 Å². The molecule has 0 radical (unpaired) electrons. The Balaban J connectivity index is 2.61. The maximum absolute atomic E-state index is 11.3. The standard InChI is InChI=1S/C12H23NO3/c1-3-10(14)8-13-7-5-6-12(4-2,9-13)11(15)16/h10,14H,3-9H2,1-2H3,(H,15,16). The molecule has 94 valence electrons. The van der Waals surface area contributed by atoms with Crippen molar-refractivity contribution in [3.8, 4) is 0 Å². The number of rotatable bonds is 5. The summed E-state index contributed by atoms with van der Waals surface area (Å²) in [6, 6.07) is 0. The molecule has 1 heterocycles. The maximum Gasteiger partial charge on any atom is 0.310 e. The van der Waals surface area contributed by atoms with Gasteiger partial charge in [-0.1, -0.05) is 13.8 Å². The maximum atomic E-state index is 11.3. The van der Waals surface area contributed by atoms with E-state index in [1.807, 2.05) is 13.8 Å². The fourth-order valence-electron chi connectivity index (χ4n) is 2.42. The Kier molecular flexibility index (Phi) is 4.74. The quantitative estimate of drug-likeness (QED) is 0.746. The number of hydrogen-bond acceptors (Lipinski definition) is 3. The van der Waals surface area contributed by atoms with Gasteiger partial charge >= 0.3 is 5.97 Å². The minimum absolute atomic E-state index is 0.332. The SMILES string of the molecule is CCC(O)CN1CCCC(CC)(C(=O)O)C1. The first-order valence-corrected chi connectivity index (χ1v) is 6.18. The summed E-state index contributed by atoms with van der Waals surface area (Å²) in [4.78, 5) is 13.4. The van der Waals surface area contributed by atoms with Crippen molar-refractivity contribution in [2.75, 3.05) is 19.6 Å². The zero-order chi connectivity index (χ0) is 12.2. The number of carboxylic acids is 1. The summed E-state index contributed by atoms with van der Waals surface area (Å²) in [6.45, 7) is 5.97. The minimum Gasteiger partial charge on any atom is -0.481 e.